The van der Waals surface area contributed by atoms with E-state index >= 15 is 0 Å². The molecule has 1 radical (unpaired) electrons. The van der Waals surface area contributed by atoms with Crippen LogP contribution < -0.4 is 0 Å². The normalized spacial score (nSPS) is 16.5. The molecule has 1 nitrogen and oxygen atoms in total. The number of aliphatic hydroxyl groups is 1. The van der Waals surface area contributed by atoms with Crippen molar-refractivity contribution < 1.29 is 5.11 Å². The summed E-state index contributed by atoms with van der Waals surface area (Å²) in [6.45, 7) is 3.27. The molecule has 12 heavy (non-hydrogen) atoms. The summed E-state index contributed by atoms with van der Waals surface area (Å²) in [5.41, 5.74) is 3.51. The zero-order valence-corrected chi connectivity index (χ0v) is 7.25. The summed E-state index contributed by atoms with van der Waals surface area (Å²) in [4.78, 5) is 0. The maximum atomic E-state index is 8.99. The third-order valence-corrected chi connectivity index (χ3v) is 2.40. The van der Waals surface area contributed by atoms with Gasteiger partial charge in [0.15, 0.2) is 0 Å². The van der Waals surface area contributed by atoms with E-state index in [0.29, 0.717) is 5.92 Å². The van der Waals surface area contributed by atoms with E-state index in [1.54, 1.807) is 0 Å². The fourth-order valence-corrected chi connectivity index (χ4v) is 1.57. The van der Waals surface area contributed by atoms with Crippen molar-refractivity contribution in [2.45, 2.75) is 25.7 Å². The Morgan fingerprint density at radius 2 is 2.17 bits per heavy atom. The van der Waals surface area contributed by atoms with Crippen LogP contribution in [-0.4, -0.2) is 5.11 Å². The van der Waals surface area contributed by atoms with E-state index in [1.807, 2.05) is 13.0 Å². The van der Waals surface area contributed by atoms with Crippen LogP contribution in [0.15, 0.2) is 18.2 Å². The molecule has 0 heterocycles. The second-order valence-corrected chi connectivity index (χ2v) is 3.54. The Bertz CT molecular complexity index is 287. The minimum absolute atomic E-state index is 0.712. The quantitative estimate of drug-likeness (QED) is 0.707. The lowest BCUT2D eigenvalue weighted by Gasteiger charge is -2.05. The molecule has 0 bridgehead atoms. The Balaban J connectivity index is 2.38. The van der Waals surface area contributed by atoms with Gasteiger partial charge in [-0.05, 0) is 36.8 Å². The standard InChI is InChI=1S/C11H13O/c1-8-2-5-11(9-3-4-9)10(6-8)7-12/h2,5-7,9,12H,3-4H2,1H3. The third-order valence-electron chi connectivity index (χ3n) is 2.40. The zero-order chi connectivity index (χ0) is 8.55. The lowest BCUT2D eigenvalue weighted by atomic mass is 10.0. The first kappa shape index (κ1) is 7.81. The smallest absolute Gasteiger partial charge is 0.109 e. The molecule has 0 spiro atoms. The molecule has 1 heteroatoms. The maximum Gasteiger partial charge on any atom is 0.109 e. The van der Waals surface area contributed by atoms with E-state index in [4.69, 9.17) is 5.11 Å². The van der Waals surface area contributed by atoms with E-state index in [2.05, 4.69) is 12.1 Å². The van der Waals surface area contributed by atoms with Gasteiger partial charge < -0.3 is 5.11 Å². The van der Waals surface area contributed by atoms with E-state index in [0.717, 1.165) is 5.56 Å². The Labute approximate surface area is 73.0 Å². The van der Waals surface area contributed by atoms with E-state index in [9.17, 15) is 0 Å². The molecular weight excluding hydrogens is 148 g/mol. The Kier molecular flexibility index (Phi) is 1.89. The highest BCUT2D eigenvalue weighted by molar-refractivity contribution is 5.39. The minimum atomic E-state index is 0.712. The van der Waals surface area contributed by atoms with Crippen molar-refractivity contribution >= 4 is 0 Å². The predicted octanol–water partition coefficient (Wildman–Crippen LogP) is 2.75. The fourth-order valence-electron chi connectivity index (χ4n) is 1.57. The summed E-state index contributed by atoms with van der Waals surface area (Å²) in [6.07, 6.45) is 2.56. The van der Waals surface area contributed by atoms with Gasteiger partial charge in [-0.3, -0.25) is 0 Å². The van der Waals surface area contributed by atoms with Crippen LogP contribution in [0, 0.1) is 13.5 Å². The zero-order valence-electron chi connectivity index (χ0n) is 7.25. The van der Waals surface area contributed by atoms with Crippen molar-refractivity contribution in [1.82, 2.24) is 0 Å². The Morgan fingerprint density at radius 1 is 1.42 bits per heavy atom. The molecule has 1 aliphatic carbocycles. The first-order valence-electron chi connectivity index (χ1n) is 4.39. The number of aliphatic hydroxyl groups excluding tert-OH is 1. The predicted molar refractivity (Wildman–Crippen MR) is 48.5 cm³/mol. The fraction of sp³-hybridized carbons (Fsp3) is 0.364. The second-order valence-electron chi connectivity index (χ2n) is 3.54. The van der Waals surface area contributed by atoms with Crippen LogP contribution in [0.4, 0.5) is 0 Å². The van der Waals surface area contributed by atoms with Gasteiger partial charge in [0.05, 0.1) is 0 Å². The molecule has 0 aliphatic heterocycles. The first-order valence-corrected chi connectivity index (χ1v) is 4.39. The van der Waals surface area contributed by atoms with Crippen LogP contribution in [0.3, 0.4) is 0 Å². The average Bonchev–Trinajstić information content (AvgIpc) is 2.87. The van der Waals surface area contributed by atoms with E-state index in [1.165, 1.54) is 30.6 Å². The van der Waals surface area contributed by atoms with Crippen LogP contribution in [-0.2, 0) is 0 Å². The van der Waals surface area contributed by atoms with Gasteiger partial charge in [0, 0.05) is 0 Å². The van der Waals surface area contributed by atoms with Gasteiger partial charge >= 0.3 is 0 Å². The van der Waals surface area contributed by atoms with Gasteiger partial charge in [-0.1, -0.05) is 23.8 Å². The summed E-state index contributed by atoms with van der Waals surface area (Å²) in [5.74, 6) is 0.712. The highest BCUT2D eigenvalue weighted by Crippen LogP contribution is 2.41. The van der Waals surface area contributed by atoms with Gasteiger partial charge in [0.25, 0.3) is 0 Å². The summed E-state index contributed by atoms with van der Waals surface area (Å²) in [5, 5.41) is 8.99. The number of hydrogen-bond donors (Lipinski definition) is 1. The largest absolute Gasteiger partial charge is 0.385 e. The second kappa shape index (κ2) is 2.91. The molecular formula is C11H13O. The molecule has 1 aromatic carbocycles. The van der Waals surface area contributed by atoms with Crippen LogP contribution >= 0.6 is 0 Å². The average molecular weight is 161 g/mol. The Morgan fingerprint density at radius 3 is 2.75 bits per heavy atom. The van der Waals surface area contributed by atoms with Crippen LogP contribution in [0.1, 0.15) is 35.4 Å². The van der Waals surface area contributed by atoms with Crippen molar-refractivity contribution in [3.8, 4) is 0 Å². The number of rotatable bonds is 2. The van der Waals surface area contributed by atoms with Crippen molar-refractivity contribution in [2.24, 2.45) is 0 Å². The van der Waals surface area contributed by atoms with Gasteiger partial charge in [0.1, 0.15) is 6.61 Å². The van der Waals surface area contributed by atoms with Crippen LogP contribution in [0.2, 0.25) is 0 Å². The molecule has 1 aliphatic rings. The molecule has 0 atom stereocenters. The van der Waals surface area contributed by atoms with Crippen LogP contribution in [0.5, 0.6) is 0 Å². The molecule has 0 amide bonds. The monoisotopic (exact) mass is 161 g/mol. The SMILES string of the molecule is Cc1ccc(C2CC2)c([CH]O)c1. The van der Waals surface area contributed by atoms with Crippen molar-refractivity contribution in [3.05, 3.63) is 41.5 Å². The number of aryl methyl sites for hydroxylation is 1. The summed E-state index contributed by atoms with van der Waals surface area (Å²) >= 11 is 0. The van der Waals surface area contributed by atoms with Crippen molar-refractivity contribution in [1.29, 1.82) is 0 Å². The molecule has 0 unspecified atom stereocenters. The maximum absolute atomic E-state index is 8.99. The van der Waals surface area contributed by atoms with Crippen molar-refractivity contribution in [3.63, 3.8) is 0 Å². The number of hydrogen-bond acceptors (Lipinski definition) is 1. The molecule has 0 aromatic heterocycles. The lowest BCUT2D eigenvalue weighted by molar-refractivity contribution is 0.413. The first-order chi connectivity index (χ1) is 5.81. The van der Waals surface area contributed by atoms with Gasteiger partial charge in [-0.2, -0.15) is 0 Å². The number of benzene rings is 1. The molecule has 1 fully saturated rings. The van der Waals surface area contributed by atoms with Crippen molar-refractivity contribution in [2.75, 3.05) is 0 Å². The van der Waals surface area contributed by atoms with Gasteiger partial charge in [-0.25, -0.2) is 0 Å². The molecule has 2 rings (SSSR count). The van der Waals surface area contributed by atoms with Crippen LogP contribution in [0.25, 0.3) is 0 Å². The van der Waals surface area contributed by atoms with Gasteiger partial charge in [0.2, 0.25) is 0 Å². The summed E-state index contributed by atoms with van der Waals surface area (Å²) in [6, 6.07) is 6.28. The molecule has 1 aromatic rings. The molecule has 0 saturated heterocycles. The van der Waals surface area contributed by atoms with E-state index < -0.39 is 0 Å². The minimum Gasteiger partial charge on any atom is -0.385 e. The summed E-state index contributed by atoms with van der Waals surface area (Å²) < 4.78 is 0. The topological polar surface area (TPSA) is 20.2 Å². The highest BCUT2D eigenvalue weighted by Gasteiger charge is 2.25. The van der Waals surface area contributed by atoms with E-state index in [-0.39, 0.29) is 0 Å². The third kappa shape index (κ3) is 1.37. The lowest BCUT2D eigenvalue weighted by Crippen LogP contribution is -1.90. The molecule has 1 saturated carbocycles. The summed E-state index contributed by atoms with van der Waals surface area (Å²) in [7, 11) is 0. The Hall–Kier alpha value is -0.820. The van der Waals surface area contributed by atoms with Gasteiger partial charge in [-0.15, -0.1) is 0 Å². The highest BCUT2D eigenvalue weighted by atomic mass is 16.3. The molecule has 1 N–H and O–H groups in total. The molecule has 63 valence electrons.